The Bertz CT molecular complexity index is 815. The molecule has 33 heavy (non-hydrogen) atoms. The van der Waals surface area contributed by atoms with Crippen LogP contribution in [0.4, 0.5) is 0 Å². The van der Waals surface area contributed by atoms with Gasteiger partial charge in [0.15, 0.2) is 0 Å². The standard InChI is InChI=1S/C25H36N2O5S/c1-2-3-6-13-26-14-10-12-25-20(19-18(33-25)11-5-4-9-17-32-24(19)31)22(29)27(15-7-8-16-28)21(25)23(26)30/h5,10-12,18-21,28H,2-4,6-9,13-17H2,1H3/b11-5-/t18-,19+,20-,21?,25-/m0/s1. The predicted molar refractivity (Wildman–Crippen MR) is 127 cm³/mol. The maximum absolute atomic E-state index is 13.9. The fourth-order valence-corrected chi connectivity index (χ4v) is 7.69. The molecule has 1 N–H and O–H groups in total. The molecule has 0 aromatic heterocycles. The van der Waals surface area contributed by atoms with Crippen molar-refractivity contribution in [1.29, 1.82) is 0 Å². The van der Waals surface area contributed by atoms with Crippen LogP contribution < -0.4 is 0 Å². The summed E-state index contributed by atoms with van der Waals surface area (Å²) in [6.07, 6.45) is 14.1. The number of aliphatic hydroxyl groups excluding tert-OH is 1. The first kappa shape index (κ1) is 24.3. The highest BCUT2D eigenvalue weighted by molar-refractivity contribution is 8.02. The van der Waals surface area contributed by atoms with Gasteiger partial charge in [0, 0.05) is 31.5 Å². The highest BCUT2D eigenvalue weighted by Crippen LogP contribution is 2.60. The van der Waals surface area contributed by atoms with E-state index in [9.17, 15) is 19.5 Å². The summed E-state index contributed by atoms with van der Waals surface area (Å²) < 4.78 is 4.80. The fraction of sp³-hybridized carbons (Fsp3) is 0.720. The number of hydrogen-bond donors (Lipinski definition) is 1. The third-order valence-corrected chi connectivity index (χ3v) is 9.02. The number of ether oxygens (including phenoxy) is 1. The van der Waals surface area contributed by atoms with Crippen LogP contribution in [0.2, 0.25) is 0 Å². The lowest BCUT2D eigenvalue weighted by molar-refractivity contribution is -0.153. The van der Waals surface area contributed by atoms with Gasteiger partial charge in [-0.3, -0.25) is 14.4 Å². The maximum atomic E-state index is 13.9. The summed E-state index contributed by atoms with van der Waals surface area (Å²) in [6.45, 7) is 4.16. The predicted octanol–water partition coefficient (Wildman–Crippen LogP) is 2.54. The molecule has 4 aliphatic rings. The Morgan fingerprint density at radius 2 is 1.94 bits per heavy atom. The Kier molecular flexibility index (Phi) is 7.84. The number of amides is 2. The lowest BCUT2D eigenvalue weighted by Crippen LogP contribution is -2.53. The van der Waals surface area contributed by atoms with Crippen LogP contribution in [0.1, 0.15) is 51.9 Å². The Hall–Kier alpha value is -1.80. The van der Waals surface area contributed by atoms with Gasteiger partial charge in [-0.25, -0.2) is 0 Å². The van der Waals surface area contributed by atoms with Gasteiger partial charge < -0.3 is 19.6 Å². The number of unbranched alkanes of at least 4 members (excludes halogenated alkanes) is 3. The summed E-state index contributed by atoms with van der Waals surface area (Å²) in [5.74, 6) is -1.68. The molecular formula is C25H36N2O5S. The highest BCUT2D eigenvalue weighted by atomic mass is 32.2. The van der Waals surface area contributed by atoms with Gasteiger partial charge in [-0.2, -0.15) is 0 Å². The van der Waals surface area contributed by atoms with E-state index >= 15 is 0 Å². The number of carbonyl (C=O) groups excluding carboxylic acids is 3. The molecule has 2 saturated heterocycles. The molecule has 4 aliphatic heterocycles. The van der Waals surface area contributed by atoms with E-state index in [4.69, 9.17) is 4.74 Å². The average molecular weight is 477 g/mol. The number of hydrogen-bond acceptors (Lipinski definition) is 6. The van der Waals surface area contributed by atoms with Crippen molar-refractivity contribution in [3.05, 3.63) is 24.3 Å². The van der Waals surface area contributed by atoms with Gasteiger partial charge in [0.1, 0.15) is 6.04 Å². The Labute approximate surface area is 200 Å². The van der Waals surface area contributed by atoms with E-state index in [-0.39, 0.29) is 29.6 Å². The molecule has 1 unspecified atom stereocenters. The van der Waals surface area contributed by atoms with Gasteiger partial charge in [-0.1, -0.05) is 44.1 Å². The molecule has 8 heteroatoms. The van der Waals surface area contributed by atoms with Crippen LogP contribution in [0.15, 0.2) is 24.3 Å². The number of cyclic esters (lactones) is 1. The molecule has 7 nitrogen and oxygen atoms in total. The minimum atomic E-state index is -0.773. The molecule has 0 aromatic rings. The highest BCUT2D eigenvalue weighted by Gasteiger charge is 2.70. The summed E-state index contributed by atoms with van der Waals surface area (Å²) in [7, 11) is 0. The van der Waals surface area contributed by atoms with E-state index in [2.05, 4.69) is 25.2 Å². The molecule has 2 amide bonds. The van der Waals surface area contributed by atoms with E-state index in [1.165, 1.54) is 0 Å². The Balaban J connectivity index is 1.72. The smallest absolute Gasteiger partial charge is 0.311 e. The fourth-order valence-electron chi connectivity index (χ4n) is 5.69. The topological polar surface area (TPSA) is 87.2 Å². The molecule has 0 aromatic carbocycles. The summed E-state index contributed by atoms with van der Waals surface area (Å²) in [6, 6.07) is -0.629. The molecule has 0 radical (unpaired) electrons. The van der Waals surface area contributed by atoms with E-state index < -0.39 is 22.6 Å². The Morgan fingerprint density at radius 1 is 1.12 bits per heavy atom. The van der Waals surface area contributed by atoms with Gasteiger partial charge in [0.25, 0.3) is 0 Å². The zero-order valence-electron chi connectivity index (χ0n) is 19.5. The molecule has 182 valence electrons. The number of esters is 1. The van der Waals surface area contributed by atoms with Crippen LogP contribution >= 0.6 is 11.8 Å². The van der Waals surface area contributed by atoms with Crippen LogP contribution in [0.3, 0.4) is 0 Å². The van der Waals surface area contributed by atoms with Crippen LogP contribution in [0.25, 0.3) is 0 Å². The second-order valence-corrected chi connectivity index (χ2v) is 10.9. The molecular weight excluding hydrogens is 440 g/mol. The van der Waals surface area contributed by atoms with Crippen molar-refractivity contribution in [2.75, 3.05) is 32.8 Å². The number of aliphatic hydroxyl groups is 1. The summed E-state index contributed by atoms with van der Waals surface area (Å²) in [5.41, 5.74) is 0. The van der Waals surface area contributed by atoms with Crippen molar-refractivity contribution < 1.29 is 24.2 Å². The lowest BCUT2D eigenvalue weighted by Gasteiger charge is -2.35. The first-order valence-electron chi connectivity index (χ1n) is 12.4. The van der Waals surface area contributed by atoms with Crippen molar-refractivity contribution in [1.82, 2.24) is 9.80 Å². The van der Waals surface area contributed by atoms with E-state index in [1.807, 2.05) is 11.0 Å². The maximum Gasteiger partial charge on any atom is 0.311 e. The zero-order chi connectivity index (χ0) is 23.4. The molecule has 0 bridgehead atoms. The monoisotopic (exact) mass is 476 g/mol. The summed E-state index contributed by atoms with van der Waals surface area (Å²) in [5, 5.41) is 9.08. The van der Waals surface area contributed by atoms with Crippen molar-refractivity contribution in [2.24, 2.45) is 11.8 Å². The van der Waals surface area contributed by atoms with Gasteiger partial charge >= 0.3 is 5.97 Å². The third kappa shape index (κ3) is 4.48. The van der Waals surface area contributed by atoms with E-state index in [0.717, 1.165) is 32.1 Å². The van der Waals surface area contributed by atoms with Gasteiger partial charge in [-0.15, -0.1) is 11.8 Å². The van der Waals surface area contributed by atoms with Crippen molar-refractivity contribution >= 4 is 29.5 Å². The molecule has 1 spiro atoms. The first-order valence-corrected chi connectivity index (χ1v) is 13.3. The van der Waals surface area contributed by atoms with Gasteiger partial charge in [0.05, 0.1) is 23.2 Å². The number of thioether (sulfide) groups is 1. The molecule has 4 heterocycles. The number of carbonyl (C=O) groups is 3. The number of allylic oxidation sites excluding steroid dienone is 1. The van der Waals surface area contributed by atoms with E-state index in [1.54, 1.807) is 16.7 Å². The van der Waals surface area contributed by atoms with Crippen molar-refractivity contribution in [3.63, 3.8) is 0 Å². The molecule has 5 atom stereocenters. The SMILES string of the molecule is CCCCCN1CC=C[C@]23S[C@H]4/C=C\CCCOC(=O)[C@H]4[C@H]2C(=O)N(CCCCO)C3C1=O. The lowest BCUT2D eigenvalue weighted by atomic mass is 9.78. The van der Waals surface area contributed by atoms with Gasteiger partial charge in [-0.05, 0) is 32.1 Å². The first-order chi connectivity index (χ1) is 16.0. The van der Waals surface area contributed by atoms with Crippen molar-refractivity contribution in [2.45, 2.75) is 67.9 Å². The summed E-state index contributed by atoms with van der Waals surface area (Å²) in [4.78, 5) is 44.5. The van der Waals surface area contributed by atoms with Crippen LogP contribution in [-0.2, 0) is 19.1 Å². The van der Waals surface area contributed by atoms with Crippen LogP contribution in [0.5, 0.6) is 0 Å². The second kappa shape index (κ2) is 10.6. The third-order valence-electron chi connectivity index (χ3n) is 7.27. The average Bonchev–Trinajstić information content (AvgIpc) is 3.21. The summed E-state index contributed by atoms with van der Waals surface area (Å²) >= 11 is 1.59. The van der Waals surface area contributed by atoms with Crippen molar-refractivity contribution in [3.8, 4) is 0 Å². The normalized spacial score (nSPS) is 34.7. The quantitative estimate of drug-likeness (QED) is 0.329. The molecule has 4 rings (SSSR count). The van der Waals surface area contributed by atoms with Crippen LogP contribution in [0, 0.1) is 11.8 Å². The Morgan fingerprint density at radius 3 is 2.73 bits per heavy atom. The largest absolute Gasteiger partial charge is 0.465 e. The number of nitrogens with zero attached hydrogens (tertiary/aromatic N) is 2. The molecule has 2 fully saturated rings. The van der Waals surface area contributed by atoms with E-state index in [0.29, 0.717) is 39.1 Å². The molecule has 0 aliphatic carbocycles. The second-order valence-electron chi connectivity index (χ2n) is 9.44. The minimum Gasteiger partial charge on any atom is -0.465 e. The van der Waals surface area contributed by atoms with Gasteiger partial charge in [0.2, 0.25) is 11.8 Å². The van der Waals surface area contributed by atoms with Crippen LogP contribution in [-0.4, -0.2) is 81.6 Å². The minimum absolute atomic E-state index is 0.0210. The number of likely N-dealkylation sites (tertiary alicyclic amines) is 1. The zero-order valence-corrected chi connectivity index (χ0v) is 20.3. The number of fused-ring (bicyclic) bond motifs is 2. The number of rotatable bonds is 8. The molecule has 0 saturated carbocycles.